The zero-order chi connectivity index (χ0) is 17.2. The van der Waals surface area contributed by atoms with Crippen LogP contribution >= 0.6 is 0 Å². The molecule has 3 aromatic rings. The predicted octanol–water partition coefficient (Wildman–Crippen LogP) is 3.64. The molecule has 25 heavy (non-hydrogen) atoms. The van der Waals surface area contributed by atoms with Gasteiger partial charge in [0.1, 0.15) is 12.1 Å². The van der Waals surface area contributed by atoms with Gasteiger partial charge in [-0.3, -0.25) is 4.90 Å². The molecule has 1 aliphatic rings. The molecular weight excluding hydrogens is 318 g/mol. The van der Waals surface area contributed by atoms with Crippen LogP contribution in [0.5, 0.6) is 0 Å². The zero-order valence-corrected chi connectivity index (χ0v) is 13.9. The van der Waals surface area contributed by atoms with Crippen molar-refractivity contribution in [1.82, 2.24) is 10.3 Å². The Morgan fingerprint density at radius 2 is 2.12 bits per heavy atom. The zero-order valence-electron chi connectivity index (χ0n) is 13.9. The van der Waals surface area contributed by atoms with Gasteiger partial charge in [-0.1, -0.05) is 24.3 Å². The molecule has 1 atom stereocenters. The Hall–Kier alpha value is -2.86. The number of benzene rings is 2. The number of ether oxygens (including phenoxy) is 1. The second kappa shape index (κ2) is 6.57. The lowest BCUT2D eigenvalue weighted by atomic mass is 10.1. The predicted molar refractivity (Wildman–Crippen MR) is 94.4 cm³/mol. The van der Waals surface area contributed by atoms with Gasteiger partial charge in [-0.05, 0) is 36.8 Å². The number of oxazole rings is 1. The second-order valence-corrected chi connectivity index (χ2v) is 6.04. The lowest BCUT2D eigenvalue weighted by molar-refractivity contribution is 0.181. The largest absolute Gasteiger partial charge is 0.447 e. The summed E-state index contributed by atoms with van der Waals surface area (Å²) in [7, 11) is 0. The fourth-order valence-electron chi connectivity index (χ4n) is 2.94. The van der Waals surface area contributed by atoms with Gasteiger partial charge in [-0.25, -0.2) is 9.78 Å². The summed E-state index contributed by atoms with van der Waals surface area (Å²) in [6.07, 6.45) is -0.288. The molecule has 0 saturated carbocycles. The number of hydrogen-bond acceptors (Lipinski definition) is 5. The summed E-state index contributed by atoms with van der Waals surface area (Å²) in [6, 6.07) is 15.7. The minimum Gasteiger partial charge on any atom is -0.447 e. The summed E-state index contributed by atoms with van der Waals surface area (Å²) < 4.78 is 10.7. The summed E-state index contributed by atoms with van der Waals surface area (Å²) in [5.74, 6) is 0.660. The van der Waals surface area contributed by atoms with Crippen LogP contribution < -0.4 is 10.2 Å². The molecule has 2 aromatic carbocycles. The quantitative estimate of drug-likeness (QED) is 0.770. The Balaban J connectivity index is 1.45. The number of cyclic esters (lactones) is 1. The highest BCUT2D eigenvalue weighted by atomic mass is 16.6. The van der Waals surface area contributed by atoms with Crippen molar-refractivity contribution in [2.45, 2.75) is 19.5 Å². The normalized spacial score (nSPS) is 15.6. The Morgan fingerprint density at radius 3 is 2.92 bits per heavy atom. The van der Waals surface area contributed by atoms with Crippen molar-refractivity contribution in [2.75, 3.05) is 18.1 Å². The highest BCUT2D eigenvalue weighted by molar-refractivity contribution is 5.89. The number of rotatable bonds is 5. The van der Waals surface area contributed by atoms with E-state index in [-0.39, 0.29) is 12.1 Å². The molecule has 2 heterocycles. The van der Waals surface area contributed by atoms with E-state index in [1.54, 1.807) is 4.90 Å². The van der Waals surface area contributed by atoms with Gasteiger partial charge in [0.05, 0.1) is 13.1 Å². The third-order valence-electron chi connectivity index (χ3n) is 4.34. The average Bonchev–Trinajstić information content (AvgIpc) is 3.25. The number of carbonyl (C=O) groups excluding carboxylic acids is 1. The van der Waals surface area contributed by atoms with Crippen LogP contribution in [0.4, 0.5) is 10.5 Å². The van der Waals surface area contributed by atoms with E-state index in [9.17, 15) is 4.79 Å². The Kier molecular flexibility index (Phi) is 4.11. The highest BCUT2D eigenvalue weighted by Gasteiger charge is 2.23. The highest BCUT2D eigenvalue weighted by Crippen LogP contribution is 2.23. The van der Waals surface area contributed by atoms with Crippen molar-refractivity contribution in [2.24, 2.45) is 0 Å². The molecule has 6 nitrogen and oxygen atoms in total. The van der Waals surface area contributed by atoms with Crippen molar-refractivity contribution >= 4 is 22.9 Å². The van der Waals surface area contributed by atoms with Gasteiger partial charge in [0.25, 0.3) is 0 Å². The van der Waals surface area contributed by atoms with E-state index in [0.717, 1.165) is 22.4 Å². The molecule has 0 spiro atoms. The molecule has 1 amide bonds. The van der Waals surface area contributed by atoms with Crippen LogP contribution in [0.25, 0.3) is 11.1 Å². The van der Waals surface area contributed by atoms with Gasteiger partial charge in [0, 0.05) is 11.7 Å². The molecule has 0 unspecified atom stereocenters. The van der Waals surface area contributed by atoms with Gasteiger partial charge in [-0.2, -0.15) is 0 Å². The number of hydrogen-bond donors (Lipinski definition) is 1. The fraction of sp³-hybridized carbons (Fsp3) is 0.263. The summed E-state index contributed by atoms with van der Waals surface area (Å²) in [4.78, 5) is 17.8. The lowest BCUT2D eigenvalue weighted by Crippen LogP contribution is -2.24. The van der Waals surface area contributed by atoms with Crippen LogP contribution in [0, 0.1) is 0 Å². The van der Waals surface area contributed by atoms with Crippen LogP contribution in [0.2, 0.25) is 0 Å². The monoisotopic (exact) mass is 337 g/mol. The smallest absolute Gasteiger partial charge is 0.414 e. The van der Waals surface area contributed by atoms with E-state index in [2.05, 4.69) is 17.2 Å². The molecule has 0 aliphatic carbocycles. The van der Waals surface area contributed by atoms with Crippen molar-refractivity contribution in [3.63, 3.8) is 0 Å². The maximum absolute atomic E-state index is 11.7. The summed E-state index contributed by atoms with van der Waals surface area (Å²) in [6.45, 7) is 3.64. The van der Waals surface area contributed by atoms with Crippen LogP contribution in [-0.2, 0) is 11.3 Å². The molecule has 1 aromatic heterocycles. The first-order valence-corrected chi connectivity index (χ1v) is 8.33. The minimum atomic E-state index is -0.288. The second-order valence-electron chi connectivity index (χ2n) is 6.04. The van der Waals surface area contributed by atoms with E-state index in [4.69, 9.17) is 9.15 Å². The van der Waals surface area contributed by atoms with Gasteiger partial charge >= 0.3 is 6.09 Å². The molecular formula is C19H19N3O3. The van der Waals surface area contributed by atoms with Crippen LogP contribution in [0.15, 0.2) is 52.9 Å². The fourth-order valence-corrected chi connectivity index (χ4v) is 2.94. The summed E-state index contributed by atoms with van der Waals surface area (Å²) in [5, 5.41) is 3.41. The molecule has 1 saturated heterocycles. The number of nitrogens with one attached hydrogen (secondary N) is 1. The number of amides is 1. The molecule has 0 radical (unpaired) electrons. The standard InChI is InChI=1S/C19H19N3O3/c1-13(20-12-18-21-16-7-2-3-8-17(16)25-18)14-5-4-6-15(11-14)22-9-10-24-19(22)23/h2-8,11,13,20H,9-10,12H2,1H3/t13-/m1/s1. The maximum atomic E-state index is 11.7. The number of carbonyl (C=O) groups is 1. The number of nitrogens with zero attached hydrogens (tertiary/aromatic N) is 2. The van der Waals surface area contributed by atoms with Crippen LogP contribution in [-0.4, -0.2) is 24.2 Å². The van der Waals surface area contributed by atoms with Crippen molar-refractivity contribution in [3.05, 3.63) is 60.0 Å². The topological polar surface area (TPSA) is 67.6 Å². The summed E-state index contributed by atoms with van der Waals surface area (Å²) >= 11 is 0. The SMILES string of the molecule is C[C@@H](NCc1nc2ccccc2o1)c1cccc(N2CCOC2=O)c1. The molecule has 1 fully saturated rings. The number of fused-ring (bicyclic) bond motifs is 1. The average molecular weight is 337 g/mol. The van der Waals surface area contributed by atoms with E-state index in [1.165, 1.54) is 0 Å². The summed E-state index contributed by atoms with van der Waals surface area (Å²) in [5.41, 5.74) is 3.60. The van der Waals surface area contributed by atoms with E-state index >= 15 is 0 Å². The minimum absolute atomic E-state index is 0.0913. The molecule has 4 rings (SSSR count). The Morgan fingerprint density at radius 1 is 1.24 bits per heavy atom. The van der Waals surface area contributed by atoms with E-state index in [0.29, 0.717) is 25.6 Å². The third-order valence-corrected chi connectivity index (χ3v) is 4.34. The third kappa shape index (κ3) is 3.21. The lowest BCUT2D eigenvalue weighted by Gasteiger charge is -2.17. The van der Waals surface area contributed by atoms with E-state index in [1.807, 2.05) is 48.5 Å². The van der Waals surface area contributed by atoms with E-state index < -0.39 is 0 Å². The Bertz CT molecular complexity index is 873. The Labute approximate surface area is 145 Å². The molecule has 0 bridgehead atoms. The maximum Gasteiger partial charge on any atom is 0.414 e. The first kappa shape index (κ1) is 15.7. The van der Waals surface area contributed by atoms with Crippen LogP contribution in [0.1, 0.15) is 24.4 Å². The number of anilines is 1. The first-order valence-electron chi connectivity index (χ1n) is 8.33. The number of aromatic nitrogens is 1. The van der Waals surface area contributed by atoms with Gasteiger partial charge in [-0.15, -0.1) is 0 Å². The molecule has 128 valence electrons. The molecule has 1 N–H and O–H groups in total. The molecule has 1 aliphatic heterocycles. The van der Waals surface area contributed by atoms with Crippen LogP contribution in [0.3, 0.4) is 0 Å². The van der Waals surface area contributed by atoms with Gasteiger partial charge in [0.2, 0.25) is 5.89 Å². The van der Waals surface area contributed by atoms with Crippen molar-refractivity contribution < 1.29 is 13.9 Å². The molecule has 6 heteroatoms. The first-order chi connectivity index (χ1) is 12.2. The number of para-hydroxylation sites is 2. The van der Waals surface area contributed by atoms with Gasteiger partial charge < -0.3 is 14.5 Å². The van der Waals surface area contributed by atoms with Crippen molar-refractivity contribution in [3.8, 4) is 0 Å². The van der Waals surface area contributed by atoms with Gasteiger partial charge in [0.15, 0.2) is 5.58 Å². The van der Waals surface area contributed by atoms with Crippen molar-refractivity contribution in [1.29, 1.82) is 0 Å².